The quantitative estimate of drug-likeness (QED) is 0.495. The van der Waals surface area contributed by atoms with Gasteiger partial charge in [-0.05, 0) is 42.5 Å². The molecule has 2 aromatic carbocycles. The van der Waals surface area contributed by atoms with E-state index in [-0.39, 0.29) is 11.5 Å². The number of aromatic hydroxyl groups is 1. The molecule has 2 atom stereocenters. The van der Waals surface area contributed by atoms with Gasteiger partial charge in [-0.25, -0.2) is 0 Å². The number of amides is 1. The summed E-state index contributed by atoms with van der Waals surface area (Å²) in [5.41, 5.74) is 1.65. The summed E-state index contributed by atoms with van der Waals surface area (Å²) in [5.74, 6) is -0.349. The Balaban J connectivity index is 1.75. The first-order chi connectivity index (χ1) is 17.5. The number of carbonyl (C=O) groups is 1. The minimum atomic E-state index is -0.532. The Bertz CT molecular complexity index is 1330. The predicted octanol–water partition coefficient (Wildman–Crippen LogP) is 4.79. The number of likely N-dealkylation sites (tertiary alicyclic amines) is 1. The largest absolute Gasteiger partial charge is 0.493 e. The van der Waals surface area contributed by atoms with E-state index in [9.17, 15) is 20.0 Å². The molecule has 0 saturated carbocycles. The first-order valence-corrected chi connectivity index (χ1v) is 12.7. The van der Waals surface area contributed by atoms with Gasteiger partial charge >= 0.3 is 0 Å². The first-order valence-electron chi connectivity index (χ1n) is 12.7. The predicted molar refractivity (Wildman–Crippen MR) is 138 cm³/mol. The van der Waals surface area contributed by atoms with E-state index in [4.69, 9.17) is 0 Å². The highest BCUT2D eigenvalue weighted by Crippen LogP contribution is 2.30. The van der Waals surface area contributed by atoms with E-state index in [2.05, 4.69) is 11.1 Å². The van der Waals surface area contributed by atoms with Gasteiger partial charge in [0.2, 0.25) is 5.88 Å². The fourth-order valence-corrected chi connectivity index (χ4v) is 5.07. The van der Waals surface area contributed by atoms with E-state index in [0.717, 1.165) is 30.4 Å². The molecule has 7 heteroatoms. The van der Waals surface area contributed by atoms with Gasteiger partial charge in [0, 0.05) is 25.4 Å². The molecular weight excluding hydrogens is 452 g/mol. The Labute approximate surface area is 211 Å². The van der Waals surface area contributed by atoms with Crippen molar-refractivity contribution in [3.63, 3.8) is 0 Å². The Hall–Kier alpha value is -3.92. The Morgan fingerprint density at radius 2 is 1.97 bits per heavy atom. The lowest BCUT2D eigenvalue weighted by molar-refractivity contribution is 0.0783. The second kappa shape index (κ2) is 11.2. The van der Waals surface area contributed by atoms with E-state index < -0.39 is 23.4 Å². The van der Waals surface area contributed by atoms with Gasteiger partial charge in [0.05, 0.1) is 17.7 Å². The number of hydrogen-bond donors (Lipinski definition) is 1. The van der Waals surface area contributed by atoms with E-state index >= 15 is 0 Å². The van der Waals surface area contributed by atoms with E-state index in [1.54, 1.807) is 27.7 Å². The van der Waals surface area contributed by atoms with Crippen molar-refractivity contribution in [3.05, 3.63) is 93.0 Å². The fourth-order valence-electron chi connectivity index (χ4n) is 5.07. The number of benzene rings is 2. The molecule has 0 aliphatic carbocycles. The average molecular weight is 485 g/mol. The average Bonchev–Trinajstić information content (AvgIpc) is 3.40. The Morgan fingerprint density at radius 1 is 1.19 bits per heavy atom. The highest BCUT2D eigenvalue weighted by atomic mass is 16.3. The van der Waals surface area contributed by atoms with Crippen LogP contribution in [0, 0.1) is 11.3 Å². The second-order valence-corrected chi connectivity index (χ2v) is 9.31. The maximum atomic E-state index is 13.9. The molecule has 36 heavy (non-hydrogen) atoms. The van der Waals surface area contributed by atoms with Crippen LogP contribution in [0.1, 0.15) is 84.4 Å². The second-order valence-electron chi connectivity index (χ2n) is 9.31. The van der Waals surface area contributed by atoms with Crippen LogP contribution in [0.5, 0.6) is 5.88 Å². The molecule has 0 spiro atoms. The van der Waals surface area contributed by atoms with Crippen molar-refractivity contribution >= 4 is 5.91 Å². The molecule has 0 unspecified atom stereocenters. The molecule has 2 heterocycles. The van der Waals surface area contributed by atoms with Gasteiger partial charge in [0.25, 0.3) is 11.5 Å². The van der Waals surface area contributed by atoms with Crippen LogP contribution in [-0.2, 0) is 6.42 Å². The standard InChI is InChI=1S/C29H32N4O3/c1-3-5-14-25-31-27(34)26(28(35)32-16-15-23(19-32)21-11-7-6-8-12-21)29(36)33(25)24(4-2)22-13-9-10-20(17-22)18-30/h6-13,17,23-24,34H,3-5,14-16,19H2,1-2H3/t23-,24-/m0/s1. The maximum Gasteiger partial charge on any atom is 0.270 e. The lowest BCUT2D eigenvalue weighted by Gasteiger charge is -2.24. The van der Waals surface area contributed by atoms with Gasteiger partial charge in [0.1, 0.15) is 5.82 Å². The van der Waals surface area contributed by atoms with Gasteiger partial charge in [-0.15, -0.1) is 0 Å². The van der Waals surface area contributed by atoms with Crippen LogP contribution in [0.3, 0.4) is 0 Å². The summed E-state index contributed by atoms with van der Waals surface area (Å²) >= 11 is 0. The lowest BCUT2D eigenvalue weighted by atomic mass is 9.99. The molecule has 1 aliphatic rings. The van der Waals surface area contributed by atoms with Crippen LogP contribution in [0.4, 0.5) is 0 Å². The minimum Gasteiger partial charge on any atom is -0.493 e. The molecule has 0 bridgehead atoms. The van der Waals surface area contributed by atoms with Gasteiger partial charge < -0.3 is 10.0 Å². The van der Waals surface area contributed by atoms with Crippen LogP contribution >= 0.6 is 0 Å². The zero-order valence-electron chi connectivity index (χ0n) is 20.9. The number of carbonyl (C=O) groups excluding carboxylic acids is 1. The van der Waals surface area contributed by atoms with Crippen molar-refractivity contribution in [3.8, 4) is 11.9 Å². The van der Waals surface area contributed by atoms with Crippen molar-refractivity contribution in [1.29, 1.82) is 5.26 Å². The van der Waals surface area contributed by atoms with Crippen molar-refractivity contribution in [2.75, 3.05) is 13.1 Å². The topological polar surface area (TPSA) is 99.2 Å². The third-order valence-corrected chi connectivity index (χ3v) is 6.98. The highest BCUT2D eigenvalue weighted by molar-refractivity contribution is 5.96. The smallest absolute Gasteiger partial charge is 0.270 e. The van der Waals surface area contributed by atoms with Gasteiger partial charge in [0.15, 0.2) is 5.56 Å². The monoisotopic (exact) mass is 484 g/mol. The number of unbranched alkanes of at least 4 members (excludes halogenated alkanes) is 1. The zero-order chi connectivity index (χ0) is 25.7. The van der Waals surface area contributed by atoms with Crippen LogP contribution < -0.4 is 5.56 Å². The van der Waals surface area contributed by atoms with Crippen LogP contribution in [0.2, 0.25) is 0 Å². The SMILES string of the molecule is CCCCc1nc(O)c(C(=O)N2CC[C@H](c3ccccc3)C2)c(=O)n1[C@@H](CC)c1cccc(C#N)c1. The molecule has 1 aliphatic heterocycles. The molecule has 4 rings (SSSR count). The van der Waals surface area contributed by atoms with Gasteiger partial charge in [-0.2, -0.15) is 10.2 Å². The van der Waals surface area contributed by atoms with E-state index in [0.29, 0.717) is 37.3 Å². The van der Waals surface area contributed by atoms with Crippen LogP contribution in [-0.4, -0.2) is 38.6 Å². The number of nitrogens with zero attached hydrogens (tertiary/aromatic N) is 4. The molecule has 0 radical (unpaired) electrons. The maximum absolute atomic E-state index is 13.9. The van der Waals surface area contributed by atoms with Gasteiger partial charge in [-0.1, -0.05) is 62.7 Å². The number of aromatic nitrogens is 2. The zero-order valence-corrected chi connectivity index (χ0v) is 20.9. The summed E-state index contributed by atoms with van der Waals surface area (Å²) in [4.78, 5) is 33.5. The number of aryl methyl sites for hydroxylation is 1. The third-order valence-electron chi connectivity index (χ3n) is 6.98. The summed E-state index contributed by atoms with van der Waals surface area (Å²) in [5, 5.41) is 20.2. The summed E-state index contributed by atoms with van der Waals surface area (Å²) in [6.45, 7) is 5.00. The van der Waals surface area contributed by atoms with Crippen molar-refractivity contribution in [2.45, 2.75) is 57.9 Å². The fraction of sp³-hybridized carbons (Fsp3) is 0.379. The number of rotatable bonds is 8. The molecule has 3 aromatic rings. The number of nitriles is 1. The van der Waals surface area contributed by atoms with Crippen molar-refractivity contribution < 1.29 is 9.90 Å². The summed E-state index contributed by atoms with van der Waals surface area (Å²) in [6.07, 6.45) is 3.55. The molecule has 1 aromatic heterocycles. The Kier molecular flexibility index (Phi) is 7.84. The minimum absolute atomic E-state index is 0.188. The highest BCUT2D eigenvalue weighted by Gasteiger charge is 2.33. The van der Waals surface area contributed by atoms with Crippen molar-refractivity contribution in [2.24, 2.45) is 0 Å². The molecule has 1 fully saturated rings. The molecule has 186 valence electrons. The van der Waals surface area contributed by atoms with E-state index in [1.807, 2.05) is 50.2 Å². The molecular formula is C29H32N4O3. The van der Waals surface area contributed by atoms with Crippen LogP contribution in [0.15, 0.2) is 59.4 Å². The summed E-state index contributed by atoms with van der Waals surface area (Å²) in [6, 6.07) is 18.9. The van der Waals surface area contributed by atoms with Crippen LogP contribution in [0.25, 0.3) is 0 Å². The van der Waals surface area contributed by atoms with E-state index in [1.165, 1.54) is 0 Å². The lowest BCUT2D eigenvalue weighted by Crippen LogP contribution is -2.38. The summed E-state index contributed by atoms with van der Waals surface area (Å²) < 4.78 is 1.56. The molecule has 7 nitrogen and oxygen atoms in total. The normalized spacial score (nSPS) is 16.0. The molecule has 1 saturated heterocycles. The molecule has 1 amide bonds. The number of hydrogen-bond acceptors (Lipinski definition) is 5. The van der Waals surface area contributed by atoms with Gasteiger partial charge in [-0.3, -0.25) is 14.2 Å². The third kappa shape index (κ3) is 5.03. The molecule has 1 N–H and O–H groups in total. The van der Waals surface area contributed by atoms with Crippen molar-refractivity contribution in [1.82, 2.24) is 14.5 Å². The first kappa shape index (κ1) is 25.2. The Morgan fingerprint density at radius 3 is 2.67 bits per heavy atom. The summed E-state index contributed by atoms with van der Waals surface area (Å²) in [7, 11) is 0.